The first-order valence-electron chi connectivity index (χ1n) is 11.6. The van der Waals surface area contributed by atoms with Crippen LogP contribution in [0.5, 0.6) is 0 Å². The Labute approximate surface area is 185 Å². The molecule has 4 rings (SSSR count). The highest BCUT2D eigenvalue weighted by Crippen LogP contribution is 2.30. The lowest BCUT2D eigenvalue weighted by Gasteiger charge is -2.33. The molecule has 1 aliphatic carbocycles. The van der Waals surface area contributed by atoms with Crippen molar-refractivity contribution < 1.29 is 9.59 Å². The van der Waals surface area contributed by atoms with E-state index in [1.54, 1.807) is 0 Å². The molecule has 31 heavy (non-hydrogen) atoms. The van der Waals surface area contributed by atoms with E-state index in [2.05, 4.69) is 22.5 Å². The fourth-order valence-electron chi connectivity index (χ4n) is 4.30. The van der Waals surface area contributed by atoms with Crippen LogP contribution in [0.25, 0.3) is 0 Å². The summed E-state index contributed by atoms with van der Waals surface area (Å²) in [7, 11) is 0. The number of nitrogens with zero attached hydrogens (tertiary/aromatic N) is 1. The van der Waals surface area contributed by atoms with Gasteiger partial charge in [0.1, 0.15) is 0 Å². The molecule has 5 heteroatoms. The lowest BCUT2D eigenvalue weighted by molar-refractivity contribution is -0.117. The first kappa shape index (κ1) is 21.4. The van der Waals surface area contributed by atoms with E-state index in [4.69, 9.17) is 0 Å². The van der Waals surface area contributed by atoms with E-state index in [0.717, 1.165) is 62.4 Å². The summed E-state index contributed by atoms with van der Waals surface area (Å²) in [6.07, 6.45) is 5.09. The Kier molecular flexibility index (Phi) is 6.59. The molecule has 1 saturated heterocycles. The van der Waals surface area contributed by atoms with Crippen molar-refractivity contribution in [3.63, 3.8) is 0 Å². The Bertz CT molecular complexity index is 916. The monoisotopic (exact) mass is 419 g/mol. The molecule has 2 aromatic rings. The van der Waals surface area contributed by atoms with E-state index in [-0.39, 0.29) is 17.7 Å². The predicted octanol–water partition coefficient (Wildman–Crippen LogP) is 4.95. The molecule has 2 N–H and O–H groups in total. The van der Waals surface area contributed by atoms with Gasteiger partial charge in [-0.2, -0.15) is 0 Å². The van der Waals surface area contributed by atoms with Crippen molar-refractivity contribution in [1.29, 1.82) is 0 Å². The summed E-state index contributed by atoms with van der Waals surface area (Å²) in [6, 6.07) is 15.9. The minimum atomic E-state index is -0.215. The smallest absolute Gasteiger partial charge is 0.253 e. The van der Waals surface area contributed by atoms with Gasteiger partial charge in [-0.05, 0) is 61.8 Å². The van der Waals surface area contributed by atoms with E-state index < -0.39 is 0 Å². The summed E-state index contributed by atoms with van der Waals surface area (Å²) in [5.74, 6) is 0.430. The average molecular weight is 420 g/mol. The van der Waals surface area contributed by atoms with E-state index in [0.29, 0.717) is 17.3 Å². The first-order chi connectivity index (χ1) is 15.0. The maximum absolute atomic E-state index is 13.0. The molecule has 0 bridgehead atoms. The van der Waals surface area contributed by atoms with Gasteiger partial charge >= 0.3 is 0 Å². The number of nitrogens with one attached hydrogen (secondary N) is 2. The molecule has 164 valence electrons. The van der Waals surface area contributed by atoms with E-state index in [1.165, 1.54) is 0 Å². The molecule has 1 aliphatic heterocycles. The van der Waals surface area contributed by atoms with Crippen LogP contribution in [0.1, 0.15) is 67.8 Å². The zero-order valence-corrected chi connectivity index (χ0v) is 18.6. The van der Waals surface area contributed by atoms with Crippen molar-refractivity contribution in [3.05, 3.63) is 59.7 Å². The standard InChI is InChI=1S/C26H33N3O2/c1-3-22(19-7-5-4-6-8-19)25(30)28-21-11-12-24(29-15-13-18(2)14-16-29)23(17-21)26(31)27-20-9-10-20/h4-8,11-12,17-18,20,22H,3,9-10,13-16H2,1-2H3,(H,27,31)(H,28,30)/t22-/m0/s1. The van der Waals surface area contributed by atoms with Gasteiger partial charge in [0.2, 0.25) is 5.91 Å². The van der Waals surface area contributed by atoms with Crippen LogP contribution in [0.15, 0.2) is 48.5 Å². The molecule has 0 spiro atoms. The van der Waals surface area contributed by atoms with Crippen LogP contribution in [-0.2, 0) is 4.79 Å². The molecular formula is C26H33N3O2. The quantitative estimate of drug-likeness (QED) is 0.668. The number of hydrogen-bond acceptors (Lipinski definition) is 3. The van der Waals surface area contributed by atoms with Crippen LogP contribution < -0.4 is 15.5 Å². The molecule has 2 aromatic carbocycles. The van der Waals surface area contributed by atoms with Crippen LogP contribution in [0.4, 0.5) is 11.4 Å². The minimum absolute atomic E-state index is 0.0395. The van der Waals surface area contributed by atoms with Crippen molar-refractivity contribution in [2.24, 2.45) is 5.92 Å². The van der Waals surface area contributed by atoms with Gasteiger partial charge in [0.05, 0.1) is 11.5 Å². The second-order valence-electron chi connectivity index (χ2n) is 9.01. The van der Waals surface area contributed by atoms with Crippen molar-refractivity contribution in [2.75, 3.05) is 23.3 Å². The van der Waals surface area contributed by atoms with Gasteiger partial charge in [-0.25, -0.2) is 0 Å². The van der Waals surface area contributed by atoms with Crippen LogP contribution in [0.2, 0.25) is 0 Å². The van der Waals surface area contributed by atoms with Gasteiger partial charge in [0.25, 0.3) is 5.91 Å². The molecule has 1 saturated carbocycles. The van der Waals surface area contributed by atoms with Crippen LogP contribution in [0.3, 0.4) is 0 Å². The van der Waals surface area contributed by atoms with Crippen LogP contribution >= 0.6 is 0 Å². The minimum Gasteiger partial charge on any atom is -0.371 e. The average Bonchev–Trinajstić information content (AvgIpc) is 3.60. The first-order valence-corrected chi connectivity index (χ1v) is 11.6. The molecule has 1 atom stereocenters. The highest BCUT2D eigenvalue weighted by atomic mass is 16.2. The van der Waals surface area contributed by atoms with Gasteiger partial charge in [0, 0.05) is 30.5 Å². The molecule has 0 radical (unpaired) electrons. The molecular weight excluding hydrogens is 386 g/mol. The van der Waals surface area contributed by atoms with E-state index in [9.17, 15) is 9.59 Å². The number of benzene rings is 2. The molecule has 2 fully saturated rings. The summed E-state index contributed by atoms with van der Waals surface area (Å²) < 4.78 is 0. The molecule has 0 aromatic heterocycles. The molecule has 2 amide bonds. The fourth-order valence-corrected chi connectivity index (χ4v) is 4.30. The van der Waals surface area contributed by atoms with Crippen molar-refractivity contribution >= 4 is 23.2 Å². The lowest BCUT2D eigenvalue weighted by atomic mass is 9.95. The summed E-state index contributed by atoms with van der Waals surface area (Å²) >= 11 is 0. The number of rotatable bonds is 7. The molecule has 2 aliphatic rings. The van der Waals surface area contributed by atoms with E-state index >= 15 is 0 Å². The number of carbonyl (C=O) groups excluding carboxylic acids is 2. The number of hydrogen-bond donors (Lipinski definition) is 2. The van der Waals surface area contributed by atoms with Crippen molar-refractivity contribution in [2.45, 2.75) is 57.9 Å². The summed E-state index contributed by atoms with van der Waals surface area (Å²) in [4.78, 5) is 28.3. The van der Waals surface area contributed by atoms with Gasteiger partial charge in [-0.1, -0.05) is 44.2 Å². The SMILES string of the molecule is CC[C@H](C(=O)Nc1ccc(N2CCC(C)CC2)c(C(=O)NC2CC2)c1)c1ccccc1. The predicted molar refractivity (Wildman–Crippen MR) is 126 cm³/mol. The van der Waals surface area contributed by atoms with Crippen molar-refractivity contribution in [1.82, 2.24) is 5.32 Å². The normalized spacial score (nSPS) is 17.8. The Hall–Kier alpha value is -2.82. The van der Waals surface area contributed by atoms with Crippen molar-refractivity contribution in [3.8, 4) is 0 Å². The number of anilines is 2. The second kappa shape index (κ2) is 9.54. The Morgan fingerprint density at radius 1 is 1.03 bits per heavy atom. The maximum Gasteiger partial charge on any atom is 0.253 e. The summed E-state index contributed by atoms with van der Waals surface area (Å²) in [5, 5.41) is 6.18. The lowest BCUT2D eigenvalue weighted by Crippen LogP contribution is -2.35. The van der Waals surface area contributed by atoms with Gasteiger partial charge in [0.15, 0.2) is 0 Å². The van der Waals surface area contributed by atoms with Crippen LogP contribution in [0, 0.1) is 5.92 Å². The van der Waals surface area contributed by atoms with Crippen LogP contribution in [-0.4, -0.2) is 30.9 Å². The highest BCUT2D eigenvalue weighted by molar-refractivity contribution is 6.03. The Balaban J connectivity index is 1.56. The number of amides is 2. The topological polar surface area (TPSA) is 61.4 Å². The maximum atomic E-state index is 13.0. The number of piperidine rings is 1. The third kappa shape index (κ3) is 5.27. The van der Waals surface area contributed by atoms with Gasteiger partial charge in [-0.3, -0.25) is 9.59 Å². The largest absolute Gasteiger partial charge is 0.371 e. The molecule has 5 nitrogen and oxygen atoms in total. The third-order valence-electron chi connectivity index (χ3n) is 6.47. The Morgan fingerprint density at radius 2 is 1.74 bits per heavy atom. The molecule has 1 heterocycles. The number of carbonyl (C=O) groups is 2. The molecule has 0 unspecified atom stereocenters. The zero-order valence-electron chi connectivity index (χ0n) is 18.6. The highest BCUT2D eigenvalue weighted by Gasteiger charge is 2.27. The summed E-state index contributed by atoms with van der Waals surface area (Å²) in [5.41, 5.74) is 3.31. The summed E-state index contributed by atoms with van der Waals surface area (Å²) in [6.45, 7) is 6.23. The second-order valence-corrected chi connectivity index (χ2v) is 9.01. The van der Waals surface area contributed by atoms with Gasteiger partial charge < -0.3 is 15.5 Å². The van der Waals surface area contributed by atoms with Gasteiger partial charge in [-0.15, -0.1) is 0 Å². The fraction of sp³-hybridized carbons (Fsp3) is 0.462. The third-order valence-corrected chi connectivity index (χ3v) is 6.47. The van der Waals surface area contributed by atoms with E-state index in [1.807, 2.05) is 55.5 Å². The zero-order chi connectivity index (χ0) is 21.8. The Morgan fingerprint density at radius 3 is 2.39 bits per heavy atom.